The van der Waals surface area contributed by atoms with Gasteiger partial charge >= 0.3 is 0 Å². The lowest BCUT2D eigenvalue weighted by molar-refractivity contribution is -0.275. The number of carboxylic acid groups (broad SMARTS) is 2. The van der Waals surface area contributed by atoms with Gasteiger partial charge in [0.05, 0.1) is 36.9 Å². The van der Waals surface area contributed by atoms with Crippen molar-refractivity contribution in [2.45, 2.75) is 75.9 Å². The molecule has 0 aromatic heterocycles. The summed E-state index contributed by atoms with van der Waals surface area (Å²) < 4.78 is 5.40. The molecule has 1 saturated heterocycles. The van der Waals surface area contributed by atoms with Crippen LogP contribution in [0.25, 0.3) is 0 Å². The van der Waals surface area contributed by atoms with E-state index in [9.17, 15) is 30.0 Å². The van der Waals surface area contributed by atoms with E-state index >= 15 is 0 Å². The molecule has 220 valence electrons. The summed E-state index contributed by atoms with van der Waals surface area (Å²) in [7, 11) is 0. The van der Waals surface area contributed by atoms with Gasteiger partial charge in [-0.15, -0.1) is 0 Å². The smallest absolute Gasteiger partial charge is 0.137 e. The Morgan fingerprint density at radius 3 is 1.82 bits per heavy atom. The standard InChI is InChI=1S/C30H43N3O7/c1-30(2,3)33(29(38)39)25(17-22-12-8-5-9-13-22)27(35)19-31-18-26(34)24(16-21-10-6-4-7-11-21)32(28(36)37)23-14-15-40-20-23/h4-13,23-27,31,34-35H,14-20H2,1-3H3,(H,36,37)(H,38,39)/p-2/t23-,24-,25-,26+,27+/m0/s1. The molecule has 0 bridgehead atoms. The Hall–Kier alpha value is -3.18. The second-order valence-corrected chi connectivity index (χ2v) is 11.3. The van der Waals surface area contributed by atoms with Gasteiger partial charge in [-0.1, -0.05) is 60.7 Å². The zero-order valence-corrected chi connectivity index (χ0v) is 23.4. The van der Waals surface area contributed by atoms with Crippen molar-refractivity contribution < 1.29 is 34.8 Å². The largest absolute Gasteiger partial charge is 0.530 e. The molecule has 3 N–H and O–H groups in total. The molecule has 0 aliphatic carbocycles. The molecule has 5 atom stereocenters. The second-order valence-electron chi connectivity index (χ2n) is 11.3. The van der Waals surface area contributed by atoms with Crippen LogP contribution in [0.5, 0.6) is 0 Å². The van der Waals surface area contributed by atoms with E-state index in [1.54, 1.807) is 20.8 Å². The van der Waals surface area contributed by atoms with Crippen LogP contribution in [-0.4, -0.2) is 94.4 Å². The van der Waals surface area contributed by atoms with Gasteiger partial charge in [-0.2, -0.15) is 0 Å². The Balaban J connectivity index is 1.75. The molecule has 10 nitrogen and oxygen atoms in total. The highest BCUT2D eigenvalue weighted by atomic mass is 16.5. The molecule has 1 aliphatic rings. The molecule has 2 aromatic carbocycles. The fraction of sp³-hybridized carbons (Fsp3) is 0.533. The molecular weight excluding hydrogens is 514 g/mol. The first-order valence-corrected chi connectivity index (χ1v) is 13.7. The maximum Gasteiger partial charge on any atom is 0.137 e. The summed E-state index contributed by atoms with van der Waals surface area (Å²) in [5.74, 6) is 0. The Kier molecular flexibility index (Phi) is 11.3. The fourth-order valence-corrected chi connectivity index (χ4v) is 5.38. The molecule has 2 amide bonds. The monoisotopic (exact) mass is 555 g/mol. The average molecular weight is 556 g/mol. The Labute approximate surface area is 236 Å². The highest BCUT2D eigenvalue weighted by molar-refractivity contribution is 5.64. The van der Waals surface area contributed by atoms with Crippen LogP contribution in [-0.2, 0) is 17.6 Å². The molecule has 0 saturated carbocycles. The summed E-state index contributed by atoms with van der Waals surface area (Å²) in [4.78, 5) is 26.7. The summed E-state index contributed by atoms with van der Waals surface area (Å²) in [6.45, 7) is 5.79. The van der Waals surface area contributed by atoms with Gasteiger partial charge in [0.1, 0.15) is 12.2 Å². The first kappa shape index (κ1) is 31.3. The van der Waals surface area contributed by atoms with E-state index in [2.05, 4.69) is 5.32 Å². The van der Waals surface area contributed by atoms with Gasteiger partial charge in [0.2, 0.25) is 0 Å². The van der Waals surface area contributed by atoms with E-state index < -0.39 is 48.1 Å². The van der Waals surface area contributed by atoms with Crippen LogP contribution in [0.4, 0.5) is 9.59 Å². The fourth-order valence-electron chi connectivity index (χ4n) is 5.38. The van der Waals surface area contributed by atoms with Crippen molar-refractivity contribution in [3.63, 3.8) is 0 Å². The van der Waals surface area contributed by atoms with Crippen molar-refractivity contribution in [2.24, 2.45) is 0 Å². The quantitative estimate of drug-likeness (QED) is 0.322. The number of hydrogen-bond donors (Lipinski definition) is 3. The molecule has 10 heteroatoms. The van der Waals surface area contributed by atoms with Crippen molar-refractivity contribution in [1.29, 1.82) is 0 Å². The van der Waals surface area contributed by atoms with Gasteiger partial charge in [-0.25, -0.2) is 0 Å². The Bertz CT molecular complexity index is 1060. The van der Waals surface area contributed by atoms with Crippen LogP contribution >= 0.6 is 0 Å². The number of nitrogens with zero attached hydrogens (tertiary/aromatic N) is 2. The zero-order valence-electron chi connectivity index (χ0n) is 23.4. The Morgan fingerprint density at radius 2 is 1.40 bits per heavy atom. The molecule has 0 spiro atoms. The van der Waals surface area contributed by atoms with Crippen LogP contribution in [0, 0.1) is 0 Å². The predicted octanol–water partition coefficient (Wildman–Crippen LogP) is 0.398. The number of nitrogens with one attached hydrogen (secondary N) is 1. The maximum atomic E-state index is 12.2. The number of rotatable bonds is 13. The van der Waals surface area contributed by atoms with Crippen molar-refractivity contribution in [3.05, 3.63) is 71.8 Å². The number of hydrogen-bond acceptors (Lipinski definition) is 8. The minimum Gasteiger partial charge on any atom is -0.530 e. The van der Waals surface area contributed by atoms with Gasteiger partial charge in [0, 0.05) is 25.2 Å². The maximum absolute atomic E-state index is 12.2. The number of amides is 2. The second kappa shape index (κ2) is 14.5. The van der Waals surface area contributed by atoms with Gasteiger partial charge in [-0.3, -0.25) is 0 Å². The normalized spacial score (nSPS) is 18.5. The van der Waals surface area contributed by atoms with Gasteiger partial charge in [-0.05, 0) is 51.2 Å². The number of benzene rings is 2. The van der Waals surface area contributed by atoms with Gasteiger partial charge < -0.3 is 49.9 Å². The van der Waals surface area contributed by atoms with E-state index in [0.717, 1.165) is 16.0 Å². The van der Waals surface area contributed by atoms with Crippen LogP contribution in [0.1, 0.15) is 38.3 Å². The molecule has 40 heavy (non-hydrogen) atoms. The third-order valence-corrected chi connectivity index (χ3v) is 7.29. The first-order chi connectivity index (χ1) is 19.0. The van der Waals surface area contributed by atoms with E-state index in [1.807, 2.05) is 60.7 Å². The van der Waals surface area contributed by atoms with Crippen LogP contribution in [0.2, 0.25) is 0 Å². The lowest BCUT2D eigenvalue weighted by atomic mass is 9.94. The molecule has 1 aliphatic heterocycles. The van der Waals surface area contributed by atoms with E-state index in [-0.39, 0.29) is 32.5 Å². The minimum atomic E-state index is -1.39. The van der Waals surface area contributed by atoms with Gasteiger partial charge in [0.25, 0.3) is 0 Å². The van der Waals surface area contributed by atoms with E-state index in [4.69, 9.17) is 4.74 Å². The molecule has 0 unspecified atom stereocenters. The molecule has 0 radical (unpaired) electrons. The SMILES string of the molecule is CC(C)(C)N(C(=O)[O-])[C@@H](Cc1ccccc1)[C@H](O)CNC[C@@H](O)[C@H](Cc1ccccc1)N(C(=O)[O-])[C@H]1CCOC1. The van der Waals surface area contributed by atoms with Crippen molar-refractivity contribution in [3.8, 4) is 0 Å². The summed E-state index contributed by atoms with van der Waals surface area (Å²) in [5, 5.41) is 49.8. The molecular formula is C30H41N3O7-2. The predicted molar refractivity (Wildman–Crippen MR) is 146 cm³/mol. The molecule has 3 rings (SSSR count). The van der Waals surface area contributed by atoms with E-state index in [0.29, 0.717) is 13.0 Å². The third-order valence-electron chi connectivity index (χ3n) is 7.29. The summed E-state index contributed by atoms with van der Waals surface area (Å²) in [5.41, 5.74) is 0.876. The first-order valence-electron chi connectivity index (χ1n) is 13.7. The molecule has 1 fully saturated rings. The highest BCUT2D eigenvalue weighted by Gasteiger charge is 2.36. The minimum absolute atomic E-state index is 0.0369. The summed E-state index contributed by atoms with van der Waals surface area (Å²) in [6, 6.07) is 16.5. The lowest BCUT2D eigenvalue weighted by Crippen LogP contribution is -2.62. The number of aliphatic hydroxyl groups is 2. The lowest BCUT2D eigenvalue weighted by Gasteiger charge is -2.46. The number of ether oxygens (including phenoxy) is 1. The van der Waals surface area contributed by atoms with Crippen LogP contribution in [0.3, 0.4) is 0 Å². The summed E-state index contributed by atoms with van der Waals surface area (Å²) in [6.07, 6.45) is -4.03. The van der Waals surface area contributed by atoms with Crippen LogP contribution in [0.15, 0.2) is 60.7 Å². The Morgan fingerprint density at radius 1 is 0.900 bits per heavy atom. The summed E-state index contributed by atoms with van der Waals surface area (Å²) >= 11 is 0. The number of carbonyl (C=O) groups is 2. The van der Waals surface area contributed by atoms with Gasteiger partial charge in [0.15, 0.2) is 0 Å². The molecule has 2 aromatic rings. The average Bonchev–Trinajstić information content (AvgIpc) is 3.42. The van der Waals surface area contributed by atoms with Crippen molar-refractivity contribution >= 4 is 12.2 Å². The van der Waals surface area contributed by atoms with Crippen molar-refractivity contribution in [1.82, 2.24) is 15.1 Å². The zero-order chi connectivity index (χ0) is 29.3. The number of carbonyl (C=O) groups excluding carboxylic acids is 2. The van der Waals surface area contributed by atoms with Crippen LogP contribution < -0.4 is 15.5 Å². The third kappa shape index (κ3) is 8.66. The van der Waals surface area contributed by atoms with Crippen molar-refractivity contribution in [2.75, 3.05) is 26.3 Å². The van der Waals surface area contributed by atoms with E-state index in [1.165, 1.54) is 4.90 Å². The highest BCUT2D eigenvalue weighted by Crippen LogP contribution is 2.23. The molecule has 1 heterocycles. The number of aliphatic hydroxyl groups excluding tert-OH is 2. The topological polar surface area (TPSA) is 148 Å².